The summed E-state index contributed by atoms with van der Waals surface area (Å²) >= 11 is 0. The van der Waals surface area contributed by atoms with Crippen molar-refractivity contribution in [2.45, 2.75) is 38.8 Å². The van der Waals surface area contributed by atoms with Crippen LogP contribution in [-0.4, -0.2) is 23.3 Å². The second-order valence-corrected chi connectivity index (χ2v) is 5.99. The Morgan fingerprint density at radius 2 is 2.10 bits per heavy atom. The van der Waals surface area contributed by atoms with Gasteiger partial charge in [0.15, 0.2) is 0 Å². The molecule has 0 aliphatic rings. The molecule has 2 aromatic rings. The Balaban J connectivity index is 2.40. The Morgan fingerprint density at radius 3 is 2.65 bits per heavy atom. The van der Waals surface area contributed by atoms with Crippen molar-refractivity contribution in [3.05, 3.63) is 29.5 Å². The molecule has 0 radical (unpaired) electrons. The fraction of sp³-hybridized carbons (Fsp3) is 0.417. The van der Waals surface area contributed by atoms with E-state index in [1.165, 1.54) is 6.20 Å². The van der Waals surface area contributed by atoms with E-state index in [9.17, 15) is 13.5 Å². The summed E-state index contributed by atoms with van der Waals surface area (Å²) in [5, 5.41) is 13.3. The molecule has 0 aliphatic heterocycles. The summed E-state index contributed by atoms with van der Waals surface area (Å²) in [4.78, 5) is -0.0123. The van der Waals surface area contributed by atoms with Gasteiger partial charge in [-0.2, -0.15) is 5.10 Å². The molecule has 7 nitrogen and oxygen atoms in total. The summed E-state index contributed by atoms with van der Waals surface area (Å²) in [5.41, 5.74) is 0.645. The lowest BCUT2D eigenvalue weighted by atomic mass is 10.2. The van der Waals surface area contributed by atoms with E-state index in [4.69, 9.17) is 4.42 Å². The molecule has 0 saturated heterocycles. The number of hydrogen-bond donors (Lipinski definition) is 2. The lowest BCUT2D eigenvalue weighted by molar-refractivity contribution is 0.276. The molecule has 2 heterocycles. The number of anilines is 1. The maximum atomic E-state index is 12.4. The molecule has 8 heteroatoms. The Bertz CT molecular complexity index is 715. The summed E-state index contributed by atoms with van der Waals surface area (Å²) in [6, 6.07) is 0. The third-order valence-electron chi connectivity index (χ3n) is 2.96. The van der Waals surface area contributed by atoms with Gasteiger partial charge in [-0.25, -0.2) is 8.42 Å². The van der Waals surface area contributed by atoms with Gasteiger partial charge in [-0.3, -0.25) is 9.40 Å². The molecule has 110 valence electrons. The largest absolute Gasteiger partial charge is 0.465 e. The van der Waals surface area contributed by atoms with Crippen molar-refractivity contribution in [1.29, 1.82) is 0 Å². The fourth-order valence-corrected chi connectivity index (χ4v) is 3.51. The first kappa shape index (κ1) is 14.6. The highest BCUT2D eigenvalue weighted by molar-refractivity contribution is 7.92. The van der Waals surface area contributed by atoms with Crippen LogP contribution in [0.25, 0.3) is 0 Å². The number of sulfonamides is 1. The van der Waals surface area contributed by atoms with Crippen molar-refractivity contribution in [3.63, 3.8) is 0 Å². The molecule has 0 unspecified atom stereocenters. The molecule has 0 amide bonds. The molecule has 0 bridgehead atoms. The number of aryl methyl sites for hydroxylation is 3. The van der Waals surface area contributed by atoms with E-state index in [1.54, 1.807) is 24.7 Å². The topological polar surface area (TPSA) is 97.4 Å². The number of nitrogens with zero attached hydrogens (tertiary/aromatic N) is 2. The predicted octanol–water partition coefficient (Wildman–Crippen LogP) is 1.41. The molecule has 0 spiro atoms. The molecule has 2 rings (SSSR count). The van der Waals surface area contributed by atoms with Gasteiger partial charge in [-0.1, -0.05) is 0 Å². The summed E-state index contributed by atoms with van der Waals surface area (Å²) < 4.78 is 34.1. The molecule has 2 aromatic heterocycles. The van der Waals surface area contributed by atoms with Crippen LogP contribution < -0.4 is 4.72 Å². The number of aliphatic hydroxyl groups is 1. The van der Waals surface area contributed by atoms with Crippen molar-refractivity contribution in [1.82, 2.24) is 9.78 Å². The summed E-state index contributed by atoms with van der Waals surface area (Å²) in [6.45, 7) is 5.32. The Hall–Kier alpha value is -1.80. The van der Waals surface area contributed by atoms with Crippen LogP contribution in [0, 0.1) is 13.8 Å². The van der Waals surface area contributed by atoms with Crippen LogP contribution >= 0.6 is 0 Å². The van der Waals surface area contributed by atoms with Gasteiger partial charge in [-0.05, 0) is 20.8 Å². The highest BCUT2D eigenvalue weighted by atomic mass is 32.2. The van der Waals surface area contributed by atoms with E-state index in [1.807, 2.05) is 6.92 Å². The van der Waals surface area contributed by atoms with Gasteiger partial charge in [0.05, 0.1) is 18.5 Å². The predicted molar refractivity (Wildman–Crippen MR) is 72.8 cm³/mol. The van der Waals surface area contributed by atoms with E-state index in [0.717, 1.165) is 0 Å². The molecular weight excluding hydrogens is 282 g/mol. The van der Waals surface area contributed by atoms with Crippen molar-refractivity contribution < 1.29 is 17.9 Å². The lowest BCUT2D eigenvalue weighted by Gasteiger charge is -2.06. The van der Waals surface area contributed by atoms with Gasteiger partial charge < -0.3 is 9.52 Å². The minimum Gasteiger partial charge on any atom is -0.465 e. The molecule has 2 N–H and O–H groups in total. The molecule has 0 atom stereocenters. The van der Waals surface area contributed by atoms with E-state index in [-0.39, 0.29) is 16.2 Å². The van der Waals surface area contributed by atoms with Gasteiger partial charge in [0.25, 0.3) is 10.0 Å². The number of nitrogens with one attached hydrogen (secondary N) is 1. The Labute approximate surface area is 117 Å². The monoisotopic (exact) mass is 299 g/mol. The fourth-order valence-electron chi connectivity index (χ4n) is 2.04. The van der Waals surface area contributed by atoms with Crippen LogP contribution in [0.5, 0.6) is 0 Å². The SMILES string of the molecule is CCn1cc(NS(=O)(=O)c2c(C)oc(C)c2CO)cn1. The van der Waals surface area contributed by atoms with E-state index < -0.39 is 16.6 Å². The summed E-state index contributed by atoms with van der Waals surface area (Å²) in [7, 11) is -3.82. The van der Waals surface area contributed by atoms with E-state index in [0.29, 0.717) is 18.0 Å². The van der Waals surface area contributed by atoms with Crippen LogP contribution in [0.4, 0.5) is 5.69 Å². The van der Waals surface area contributed by atoms with Crippen LogP contribution in [0.15, 0.2) is 21.7 Å². The number of hydrogen-bond acceptors (Lipinski definition) is 5. The molecule has 0 saturated carbocycles. The third kappa shape index (κ3) is 2.56. The van der Waals surface area contributed by atoms with Gasteiger partial charge in [0, 0.05) is 18.3 Å². The zero-order valence-electron chi connectivity index (χ0n) is 11.5. The van der Waals surface area contributed by atoms with Gasteiger partial charge in [0.1, 0.15) is 16.4 Å². The highest BCUT2D eigenvalue weighted by Crippen LogP contribution is 2.28. The first-order valence-corrected chi connectivity index (χ1v) is 7.62. The first-order valence-electron chi connectivity index (χ1n) is 6.14. The normalized spacial score (nSPS) is 11.8. The number of rotatable bonds is 5. The molecular formula is C12H17N3O4S. The Morgan fingerprint density at radius 1 is 1.40 bits per heavy atom. The summed E-state index contributed by atoms with van der Waals surface area (Å²) in [5.74, 6) is 0.650. The Kier molecular flexibility index (Phi) is 3.87. The zero-order valence-corrected chi connectivity index (χ0v) is 12.4. The standard InChI is InChI=1S/C12H17N3O4S/c1-4-15-6-10(5-13-15)14-20(17,18)12-9(3)19-8(2)11(12)7-16/h5-6,14,16H,4,7H2,1-3H3. The average Bonchev–Trinajstić information content (AvgIpc) is 2.92. The smallest absolute Gasteiger partial charge is 0.265 e. The quantitative estimate of drug-likeness (QED) is 0.870. The zero-order chi connectivity index (χ0) is 14.9. The maximum absolute atomic E-state index is 12.4. The van der Waals surface area contributed by atoms with Crippen molar-refractivity contribution >= 4 is 15.7 Å². The third-order valence-corrected chi connectivity index (χ3v) is 4.54. The highest BCUT2D eigenvalue weighted by Gasteiger charge is 2.26. The number of aromatic nitrogens is 2. The molecule has 0 aliphatic carbocycles. The molecule has 20 heavy (non-hydrogen) atoms. The van der Waals surface area contributed by atoms with Crippen LogP contribution in [0.1, 0.15) is 24.0 Å². The van der Waals surface area contributed by atoms with Gasteiger partial charge in [0.2, 0.25) is 0 Å². The maximum Gasteiger partial charge on any atom is 0.265 e. The molecule has 0 aromatic carbocycles. The minimum absolute atomic E-state index is 0.0123. The molecule has 0 fully saturated rings. The summed E-state index contributed by atoms with van der Waals surface area (Å²) in [6.07, 6.45) is 3.03. The minimum atomic E-state index is -3.82. The van der Waals surface area contributed by atoms with Gasteiger partial charge >= 0.3 is 0 Å². The van der Waals surface area contributed by atoms with Crippen molar-refractivity contribution in [3.8, 4) is 0 Å². The number of furan rings is 1. The van der Waals surface area contributed by atoms with Crippen LogP contribution in [0.2, 0.25) is 0 Å². The van der Waals surface area contributed by atoms with Crippen molar-refractivity contribution in [2.24, 2.45) is 0 Å². The van der Waals surface area contributed by atoms with Crippen molar-refractivity contribution in [2.75, 3.05) is 4.72 Å². The second-order valence-electron chi connectivity index (χ2n) is 4.37. The van der Waals surface area contributed by atoms with Crippen LogP contribution in [-0.2, 0) is 23.2 Å². The second kappa shape index (κ2) is 5.29. The van der Waals surface area contributed by atoms with Crippen LogP contribution in [0.3, 0.4) is 0 Å². The average molecular weight is 299 g/mol. The number of aliphatic hydroxyl groups excluding tert-OH is 1. The first-order chi connectivity index (χ1) is 9.39. The van der Waals surface area contributed by atoms with E-state index in [2.05, 4.69) is 9.82 Å². The van der Waals surface area contributed by atoms with E-state index >= 15 is 0 Å². The van der Waals surface area contributed by atoms with Gasteiger partial charge in [-0.15, -0.1) is 0 Å². The lowest BCUT2D eigenvalue weighted by Crippen LogP contribution is -2.15.